The van der Waals surface area contributed by atoms with E-state index in [9.17, 15) is 9.59 Å². The summed E-state index contributed by atoms with van der Waals surface area (Å²) in [5.74, 6) is 0. The van der Waals surface area contributed by atoms with E-state index in [0.29, 0.717) is 6.54 Å². The third-order valence-corrected chi connectivity index (χ3v) is 3.44. The van der Waals surface area contributed by atoms with Crippen molar-refractivity contribution in [2.75, 3.05) is 0 Å². The van der Waals surface area contributed by atoms with Gasteiger partial charge in [-0.25, -0.2) is 0 Å². The molecule has 0 amide bonds. The van der Waals surface area contributed by atoms with E-state index in [2.05, 4.69) is 25.9 Å². The van der Waals surface area contributed by atoms with Gasteiger partial charge < -0.3 is 18.7 Å². The number of benzene rings is 2. The van der Waals surface area contributed by atoms with E-state index in [0.717, 1.165) is 11.1 Å². The second-order valence-electron chi connectivity index (χ2n) is 5.04. The molecule has 0 saturated heterocycles. The van der Waals surface area contributed by atoms with E-state index < -0.39 is 0 Å². The molecule has 118 valence electrons. The first-order chi connectivity index (χ1) is 11.7. The molecule has 0 bridgehead atoms. The molecule has 4 nitrogen and oxygen atoms in total. The van der Waals surface area contributed by atoms with Crippen molar-refractivity contribution in [3.63, 3.8) is 0 Å². The Balaban J connectivity index is 0.00000100. The number of aromatic nitrogens is 2. The van der Waals surface area contributed by atoms with Gasteiger partial charge in [-0.2, -0.15) is 0 Å². The predicted octanol–water partition coefficient (Wildman–Crippen LogP) is 2.79. The Bertz CT molecular complexity index is 877. The molecule has 0 aliphatic heterocycles. The van der Waals surface area contributed by atoms with Crippen LogP contribution in [0.2, 0.25) is 0 Å². The van der Waals surface area contributed by atoms with Crippen LogP contribution in [-0.4, -0.2) is 9.13 Å². The molecule has 0 aliphatic carbocycles. The van der Waals surface area contributed by atoms with Gasteiger partial charge in [-0.1, -0.05) is 72.9 Å². The summed E-state index contributed by atoms with van der Waals surface area (Å²) in [7, 11) is 0. The van der Waals surface area contributed by atoms with Gasteiger partial charge in [0.25, 0.3) is 0 Å². The fraction of sp³-hybridized carbons (Fsp3) is 0.111. The minimum atomic E-state index is -0.347. The van der Waals surface area contributed by atoms with Crippen LogP contribution in [-0.2, 0) is 27.9 Å². The molecule has 0 N–H and O–H groups in total. The average molecular weight is 484 g/mol. The van der Waals surface area contributed by atoms with Gasteiger partial charge in [-0.3, -0.25) is 0 Å². The van der Waals surface area contributed by atoms with Crippen LogP contribution < -0.4 is 11.2 Å². The zero-order valence-corrected chi connectivity index (χ0v) is 18.2. The molecule has 0 unspecified atom stereocenters. The first kappa shape index (κ1) is 18.8. The van der Waals surface area contributed by atoms with Gasteiger partial charge in [0.15, 0.2) is 0 Å². The predicted molar refractivity (Wildman–Crippen MR) is 98.9 cm³/mol. The topological polar surface area (TPSA) is 44.0 Å². The number of rotatable bonds is 4. The summed E-state index contributed by atoms with van der Waals surface area (Å²) in [5, 5.41) is 0. The minimum absolute atomic E-state index is 0.266. The summed E-state index contributed by atoms with van der Waals surface area (Å²) < 4.78 is 2.66. The molecule has 1 aromatic heterocycles. The van der Waals surface area contributed by atoms with Gasteiger partial charge in [0.1, 0.15) is 5.56 Å². The first-order valence-corrected chi connectivity index (χ1v) is 16.4. The Labute approximate surface area is 161 Å². The molecule has 0 spiro atoms. The molecule has 0 atom stereocenters. The SMILES string of the molecule is O=c1c[c-]n(Cc2ccccc2)c(=O)n1Cc1ccccc1.[Zn+][I]. The van der Waals surface area contributed by atoms with Crippen LogP contribution in [0.25, 0.3) is 0 Å². The standard InChI is InChI=1S/C18H15N2O2.HI.Zn/c21-17-11-12-19(13-15-7-3-1-4-8-15)18(22)20(17)14-16-9-5-2-6-10-16;;/h1-11H,13-14H2;1H;/q-1;;+2/p-1. The Morgan fingerprint density at radius 2 is 1.33 bits per heavy atom. The average Bonchev–Trinajstić information content (AvgIpc) is 2.64. The summed E-state index contributed by atoms with van der Waals surface area (Å²) in [6.07, 6.45) is 2.75. The van der Waals surface area contributed by atoms with Crippen molar-refractivity contribution in [1.29, 1.82) is 0 Å². The molecule has 0 aliphatic rings. The molecule has 1 heterocycles. The van der Waals surface area contributed by atoms with Crippen LogP contribution in [0.4, 0.5) is 0 Å². The van der Waals surface area contributed by atoms with Gasteiger partial charge in [0.2, 0.25) is 5.69 Å². The maximum absolute atomic E-state index is 12.5. The summed E-state index contributed by atoms with van der Waals surface area (Å²) in [5.41, 5.74) is 1.23. The van der Waals surface area contributed by atoms with Crippen LogP contribution in [0.3, 0.4) is 0 Å². The molecule has 2 aromatic carbocycles. The van der Waals surface area contributed by atoms with Gasteiger partial charge in [0, 0.05) is 13.1 Å². The van der Waals surface area contributed by atoms with Crippen LogP contribution >= 0.6 is 19.8 Å². The van der Waals surface area contributed by atoms with Crippen molar-refractivity contribution in [3.8, 4) is 0 Å². The van der Waals surface area contributed by atoms with Crippen molar-refractivity contribution in [2.45, 2.75) is 13.1 Å². The summed E-state index contributed by atoms with van der Waals surface area (Å²) in [6, 6.07) is 20.4. The Morgan fingerprint density at radius 3 is 1.88 bits per heavy atom. The van der Waals surface area contributed by atoms with E-state index >= 15 is 0 Å². The summed E-state index contributed by atoms with van der Waals surface area (Å²) in [4.78, 5) is 24.5. The van der Waals surface area contributed by atoms with Gasteiger partial charge in [-0.05, 0) is 11.1 Å². The second kappa shape index (κ2) is 9.69. The number of hydrogen-bond donors (Lipinski definition) is 0. The van der Waals surface area contributed by atoms with Crippen LogP contribution in [0, 0.1) is 6.20 Å². The van der Waals surface area contributed by atoms with E-state index in [1.54, 1.807) is 0 Å². The van der Waals surface area contributed by atoms with E-state index in [-0.39, 0.29) is 17.8 Å². The maximum atomic E-state index is 12.5. The first-order valence-electron chi connectivity index (χ1n) is 7.31. The van der Waals surface area contributed by atoms with Gasteiger partial charge in [-0.15, -0.1) is 0 Å². The van der Waals surface area contributed by atoms with E-state index in [1.165, 1.54) is 30.0 Å². The quantitative estimate of drug-likeness (QED) is 0.326. The molecule has 0 fully saturated rings. The Kier molecular flexibility index (Phi) is 7.60. The Morgan fingerprint density at radius 1 is 0.833 bits per heavy atom. The number of halogens is 1. The number of hydrogen-bond acceptors (Lipinski definition) is 2. The molecule has 3 aromatic rings. The van der Waals surface area contributed by atoms with Crippen LogP contribution in [0.1, 0.15) is 11.1 Å². The molecule has 6 heteroatoms. The molecule has 24 heavy (non-hydrogen) atoms. The third kappa shape index (κ3) is 4.98. The van der Waals surface area contributed by atoms with Crippen molar-refractivity contribution >= 4 is 19.8 Å². The van der Waals surface area contributed by atoms with Crippen molar-refractivity contribution in [2.24, 2.45) is 0 Å². The molecular formula is C18H15IN2O2Zn. The van der Waals surface area contributed by atoms with Crippen molar-refractivity contribution in [3.05, 3.63) is 105 Å². The van der Waals surface area contributed by atoms with Gasteiger partial charge in [0.05, 0.1) is 0 Å². The zero-order valence-electron chi connectivity index (χ0n) is 13.1. The van der Waals surface area contributed by atoms with Crippen molar-refractivity contribution in [1.82, 2.24) is 9.13 Å². The third-order valence-electron chi connectivity index (χ3n) is 3.44. The van der Waals surface area contributed by atoms with Gasteiger partial charge >= 0.3 is 34.5 Å². The Hall–Kier alpha value is -1.53. The zero-order chi connectivity index (χ0) is 17.4. The fourth-order valence-electron chi connectivity index (χ4n) is 2.30. The number of nitrogens with zero attached hydrogens (tertiary/aromatic N) is 2. The van der Waals surface area contributed by atoms with E-state index in [1.807, 2.05) is 60.7 Å². The van der Waals surface area contributed by atoms with Crippen LogP contribution in [0.15, 0.2) is 76.3 Å². The molecular weight excluding hydrogens is 469 g/mol. The fourth-order valence-corrected chi connectivity index (χ4v) is 2.30. The normalized spacial score (nSPS) is 9.96. The molecule has 3 rings (SSSR count). The molecule has 0 radical (unpaired) electrons. The molecule has 0 saturated carbocycles. The summed E-state index contributed by atoms with van der Waals surface area (Å²) >= 11 is 3.62. The van der Waals surface area contributed by atoms with Crippen molar-refractivity contribution < 1.29 is 14.8 Å². The second-order valence-corrected chi connectivity index (χ2v) is 5.04. The monoisotopic (exact) mass is 482 g/mol. The van der Waals surface area contributed by atoms with E-state index in [4.69, 9.17) is 0 Å². The van der Waals surface area contributed by atoms with Crippen LogP contribution in [0.5, 0.6) is 0 Å². The summed E-state index contributed by atoms with van der Waals surface area (Å²) in [6.45, 7) is 0.663.